The molecule has 5 heteroatoms. The molecule has 2 nitrogen and oxygen atoms in total. The zero-order valence-electron chi connectivity index (χ0n) is 13.4. The summed E-state index contributed by atoms with van der Waals surface area (Å²) in [5.41, 5.74) is 1.72. The molecule has 0 aromatic heterocycles. The molecule has 1 saturated heterocycles. The van der Waals surface area contributed by atoms with Crippen LogP contribution in [0.15, 0.2) is 36.4 Å². The molecule has 0 saturated carbocycles. The first-order chi connectivity index (χ1) is 11.6. The van der Waals surface area contributed by atoms with E-state index in [4.69, 9.17) is 9.47 Å². The summed E-state index contributed by atoms with van der Waals surface area (Å²) in [6, 6.07) is 8.98. The predicted molar refractivity (Wildman–Crippen MR) is 84.8 cm³/mol. The van der Waals surface area contributed by atoms with E-state index in [1.807, 2.05) is 0 Å². The maximum atomic E-state index is 13.3. The smallest absolute Gasteiger partial charge is 0.194 e. The molecule has 0 unspecified atom stereocenters. The lowest BCUT2D eigenvalue weighted by atomic mass is 10.0. The first-order valence-corrected chi connectivity index (χ1v) is 8.06. The monoisotopic (exact) mass is 336 g/mol. The Balaban J connectivity index is 1.72. The van der Waals surface area contributed by atoms with Gasteiger partial charge in [-0.15, -0.1) is 0 Å². The molecule has 128 valence electrons. The van der Waals surface area contributed by atoms with Crippen LogP contribution in [0.3, 0.4) is 0 Å². The van der Waals surface area contributed by atoms with Gasteiger partial charge in [0.1, 0.15) is 0 Å². The highest BCUT2D eigenvalue weighted by atomic mass is 19.2. The quantitative estimate of drug-likeness (QED) is 0.712. The molecule has 0 aliphatic carbocycles. The van der Waals surface area contributed by atoms with Gasteiger partial charge in [0.15, 0.2) is 23.7 Å². The standard InChI is InChI=1S/C19H19F3O2/c1-2-3-12-10-23-19(24-11-12)14-6-4-13(5-7-14)15-8-16(20)18(22)17(21)9-15/h4-9,12,19H,2-3,10-11H2,1H3. The molecule has 2 aromatic carbocycles. The van der Waals surface area contributed by atoms with Crippen molar-refractivity contribution in [3.8, 4) is 11.1 Å². The summed E-state index contributed by atoms with van der Waals surface area (Å²) in [4.78, 5) is 0. The minimum Gasteiger partial charge on any atom is -0.348 e. The zero-order valence-corrected chi connectivity index (χ0v) is 13.4. The van der Waals surface area contributed by atoms with E-state index in [1.54, 1.807) is 24.3 Å². The lowest BCUT2D eigenvalue weighted by molar-refractivity contribution is -0.206. The summed E-state index contributed by atoms with van der Waals surface area (Å²) < 4.78 is 51.2. The molecular formula is C19H19F3O2. The van der Waals surface area contributed by atoms with Gasteiger partial charge in [0.2, 0.25) is 0 Å². The molecule has 1 fully saturated rings. The van der Waals surface area contributed by atoms with Gasteiger partial charge in [-0.1, -0.05) is 37.6 Å². The van der Waals surface area contributed by atoms with Crippen LogP contribution in [0, 0.1) is 23.4 Å². The van der Waals surface area contributed by atoms with Crippen LogP contribution in [-0.2, 0) is 9.47 Å². The molecule has 0 radical (unpaired) electrons. The van der Waals surface area contributed by atoms with Crippen LogP contribution >= 0.6 is 0 Å². The van der Waals surface area contributed by atoms with Crippen LogP contribution in [0.25, 0.3) is 11.1 Å². The summed E-state index contributed by atoms with van der Waals surface area (Å²) in [5, 5.41) is 0. The minimum atomic E-state index is -1.46. The van der Waals surface area contributed by atoms with E-state index in [-0.39, 0.29) is 5.56 Å². The van der Waals surface area contributed by atoms with Crippen LogP contribution < -0.4 is 0 Å². The van der Waals surface area contributed by atoms with E-state index < -0.39 is 23.7 Å². The molecule has 1 aliphatic heterocycles. The average Bonchev–Trinajstić information content (AvgIpc) is 2.60. The van der Waals surface area contributed by atoms with Gasteiger partial charge in [0.05, 0.1) is 13.2 Å². The van der Waals surface area contributed by atoms with Crippen molar-refractivity contribution in [1.29, 1.82) is 0 Å². The second-order valence-electron chi connectivity index (χ2n) is 6.03. The predicted octanol–water partition coefficient (Wildman–Crippen LogP) is 5.23. The van der Waals surface area contributed by atoms with Crippen molar-refractivity contribution in [2.45, 2.75) is 26.1 Å². The Morgan fingerprint density at radius 2 is 1.50 bits per heavy atom. The first-order valence-electron chi connectivity index (χ1n) is 8.06. The third kappa shape index (κ3) is 3.62. The Labute approximate surface area is 139 Å². The Hall–Kier alpha value is -1.85. The fourth-order valence-electron chi connectivity index (χ4n) is 2.87. The number of halogens is 3. The molecule has 0 N–H and O–H groups in total. The van der Waals surface area contributed by atoms with Crippen molar-refractivity contribution in [2.75, 3.05) is 13.2 Å². The molecule has 24 heavy (non-hydrogen) atoms. The number of benzene rings is 2. The van der Waals surface area contributed by atoms with Gasteiger partial charge in [-0.3, -0.25) is 0 Å². The Bertz CT molecular complexity index is 669. The third-order valence-corrected chi connectivity index (χ3v) is 4.16. The fraction of sp³-hybridized carbons (Fsp3) is 0.368. The Morgan fingerprint density at radius 3 is 2.04 bits per heavy atom. The maximum absolute atomic E-state index is 13.3. The van der Waals surface area contributed by atoms with Crippen molar-refractivity contribution in [3.05, 3.63) is 59.4 Å². The maximum Gasteiger partial charge on any atom is 0.194 e. The SMILES string of the molecule is CCCC1COC(c2ccc(-c3cc(F)c(F)c(F)c3)cc2)OC1. The first kappa shape index (κ1) is 17.0. The summed E-state index contributed by atoms with van der Waals surface area (Å²) in [6.45, 7) is 3.45. The van der Waals surface area contributed by atoms with Crippen molar-refractivity contribution in [2.24, 2.45) is 5.92 Å². The topological polar surface area (TPSA) is 18.5 Å². The number of rotatable bonds is 4. The molecule has 2 aromatic rings. The summed E-state index contributed by atoms with van der Waals surface area (Å²) in [6.07, 6.45) is 1.75. The van der Waals surface area contributed by atoms with E-state index in [9.17, 15) is 13.2 Å². The molecule has 0 atom stereocenters. The average molecular weight is 336 g/mol. The van der Waals surface area contributed by atoms with Crippen LogP contribution in [0.5, 0.6) is 0 Å². The number of ether oxygens (including phenoxy) is 2. The van der Waals surface area contributed by atoms with Gasteiger partial charge < -0.3 is 9.47 Å². The van der Waals surface area contributed by atoms with E-state index >= 15 is 0 Å². The lowest BCUT2D eigenvalue weighted by Gasteiger charge is -2.29. The largest absolute Gasteiger partial charge is 0.348 e. The minimum absolute atomic E-state index is 0.284. The Morgan fingerprint density at radius 1 is 0.917 bits per heavy atom. The molecule has 1 aliphatic rings. The van der Waals surface area contributed by atoms with Gasteiger partial charge in [-0.05, 0) is 29.7 Å². The third-order valence-electron chi connectivity index (χ3n) is 4.16. The van der Waals surface area contributed by atoms with Crippen LogP contribution in [-0.4, -0.2) is 13.2 Å². The van der Waals surface area contributed by atoms with Crippen molar-refractivity contribution in [3.63, 3.8) is 0 Å². The van der Waals surface area contributed by atoms with Crippen LogP contribution in [0.1, 0.15) is 31.6 Å². The van der Waals surface area contributed by atoms with E-state index in [0.29, 0.717) is 24.7 Å². The second-order valence-corrected chi connectivity index (χ2v) is 6.03. The fourth-order valence-corrected chi connectivity index (χ4v) is 2.87. The van der Waals surface area contributed by atoms with E-state index in [1.165, 1.54) is 0 Å². The molecular weight excluding hydrogens is 317 g/mol. The molecule has 0 bridgehead atoms. The second kappa shape index (κ2) is 7.36. The number of hydrogen-bond acceptors (Lipinski definition) is 2. The summed E-state index contributed by atoms with van der Waals surface area (Å²) in [5.74, 6) is -3.43. The van der Waals surface area contributed by atoms with Crippen LogP contribution in [0.2, 0.25) is 0 Å². The summed E-state index contributed by atoms with van der Waals surface area (Å²) in [7, 11) is 0. The lowest BCUT2D eigenvalue weighted by Crippen LogP contribution is -2.26. The number of hydrogen-bond donors (Lipinski definition) is 0. The highest BCUT2D eigenvalue weighted by Crippen LogP contribution is 2.29. The normalized spacial score (nSPS) is 21.0. The van der Waals surface area contributed by atoms with E-state index in [2.05, 4.69) is 6.92 Å². The van der Waals surface area contributed by atoms with Crippen molar-refractivity contribution in [1.82, 2.24) is 0 Å². The molecule has 1 heterocycles. The Kier molecular flexibility index (Phi) is 5.21. The highest BCUT2D eigenvalue weighted by molar-refractivity contribution is 5.64. The molecule has 0 amide bonds. The van der Waals surface area contributed by atoms with E-state index in [0.717, 1.165) is 30.5 Å². The van der Waals surface area contributed by atoms with Gasteiger partial charge in [0, 0.05) is 11.5 Å². The zero-order chi connectivity index (χ0) is 17.1. The molecule has 0 spiro atoms. The van der Waals surface area contributed by atoms with Crippen LogP contribution in [0.4, 0.5) is 13.2 Å². The van der Waals surface area contributed by atoms with Gasteiger partial charge >= 0.3 is 0 Å². The van der Waals surface area contributed by atoms with Crippen molar-refractivity contribution < 1.29 is 22.6 Å². The van der Waals surface area contributed by atoms with Gasteiger partial charge in [0.25, 0.3) is 0 Å². The molecule has 3 rings (SSSR count). The van der Waals surface area contributed by atoms with Gasteiger partial charge in [-0.2, -0.15) is 0 Å². The highest BCUT2D eigenvalue weighted by Gasteiger charge is 2.23. The van der Waals surface area contributed by atoms with Gasteiger partial charge in [-0.25, -0.2) is 13.2 Å². The summed E-state index contributed by atoms with van der Waals surface area (Å²) >= 11 is 0. The van der Waals surface area contributed by atoms with Crippen molar-refractivity contribution >= 4 is 0 Å².